The van der Waals surface area contributed by atoms with Crippen LogP contribution >= 0.6 is 0 Å². The van der Waals surface area contributed by atoms with Gasteiger partial charge in [-0.2, -0.15) is 0 Å². The second-order valence-corrected chi connectivity index (χ2v) is 6.15. The van der Waals surface area contributed by atoms with E-state index in [1.807, 2.05) is 6.07 Å². The number of benzene rings is 1. The monoisotopic (exact) mass is 273 g/mol. The van der Waals surface area contributed by atoms with Gasteiger partial charge in [0.15, 0.2) is 6.61 Å². The smallest absolute Gasteiger partial charge is 0.203 e. The Morgan fingerprint density at radius 2 is 2.00 bits per heavy atom. The maximum Gasteiger partial charge on any atom is 0.203 e. The van der Waals surface area contributed by atoms with Gasteiger partial charge in [0.1, 0.15) is 5.75 Å². The van der Waals surface area contributed by atoms with Crippen molar-refractivity contribution < 1.29 is 9.53 Å². The number of hydrogen-bond acceptors (Lipinski definition) is 3. The Morgan fingerprint density at radius 1 is 1.25 bits per heavy atom. The summed E-state index contributed by atoms with van der Waals surface area (Å²) in [5.41, 5.74) is 3.25. The Bertz CT molecular complexity index is 518. The van der Waals surface area contributed by atoms with E-state index in [0.717, 1.165) is 17.9 Å². The van der Waals surface area contributed by atoms with Crippen molar-refractivity contribution in [3.63, 3.8) is 0 Å². The van der Waals surface area contributed by atoms with Crippen LogP contribution in [0, 0.1) is 6.92 Å². The summed E-state index contributed by atoms with van der Waals surface area (Å²) in [5.74, 6) is 1.37. The molecule has 1 atom stereocenters. The van der Waals surface area contributed by atoms with Crippen molar-refractivity contribution in [2.75, 3.05) is 26.2 Å². The molecule has 2 aliphatic heterocycles. The minimum Gasteiger partial charge on any atom is -0.484 e. The maximum absolute atomic E-state index is 11.8. The summed E-state index contributed by atoms with van der Waals surface area (Å²) in [6.07, 6.45) is 3.99. The summed E-state index contributed by atoms with van der Waals surface area (Å²) < 4.78 is 5.66. The second kappa shape index (κ2) is 5.57. The largest absolute Gasteiger partial charge is 0.484 e. The Labute approximate surface area is 120 Å². The summed E-state index contributed by atoms with van der Waals surface area (Å²) >= 11 is 0. The molecule has 1 aromatic carbocycles. The number of piperidine rings is 1. The van der Waals surface area contributed by atoms with Crippen LogP contribution in [0.1, 0.15) is 53.6 Å². The summed E-state index contributed by atoms with van der Waals surface area (Å²) in [7, 11) is 0. The van der Waals surface area contributed by atoms with Gasteiger partial charge in [0, 0.05) is 12.1 Å². The van der Waals surface area contributed by atoms with Gasteiger partial charge in [0.2, 0.25) is 5.78 Å². The summed E-state index contributed by atoms with van der Waals surface area (Å²) in [6.45, 7) is 8.06. The third-order valence-corrected chi connectivity index (χ3v) is 4.54. The number of likely N-dealkylation sites (tertiary alicyclic amines) is 1. The third-order valence-electron chi connectivity index (χ3n) is 4.54. The first-order valence-electron chi connectivity index (χ1n) is 7.68. The molecule has 0 N–H and O–H groups in total. The predicted molar refractivity (Wildman–Crippen MR) is 79.7 cm³/mol. The molecule has 1 aromatic rings. The van der Waals surface area contributed by atoms with Crippen molar-refractivity contribution in [2.45, 2.75) is 39.0 Å². The van der Waals surface area contributed by atoms with Gasteiger partial charge in [-0.15, -0.1) is 0 Å². The molecule has 0 saturated carbocycles. The molecule has 3 heteroatoms. The van der Waals surface area contributed by atoms with Crippen molar-refractivity contribution in [3.8, 4) is 5.75 Å². The lowest BCUT2D eigenvalue weighted by Gasteiger charge is -2.30. The Kier molecular flexibility index (Phi) is 3.79. The quantitative estimate of drug-likeness (QED) is 0.847. The number of fused-ring (bicyclic) bond motifs is 1. The number of hydrogen-bond donors (Lipinski definition) is 0. The van der Waals surface area contributed by atoms with Gasteiger partial charge in [0.05, 0.1) is 5.56 Å². The standard InChI is InChI=1S/C17H23NO2/c1-12-6-7-14-15(19)11-20-17(14)16(12)13(2)10-18-8-4-3-5-9-18/h6-7,13H,3-5,8-11H2,1-2H3. The van der Waals surface area contributed by atoms with Gasteiger partial charge in [-0.3, -0.25) is 4.79 Å². The molecule has 2 aliphatic rings. The zero-order chi connectivity index (χ0) is 14.1. The zero-order valence-electron chi connectivity index (χ0n) is 12.4. The number of carbonyl (C=O) groups is 1. The fourth-order valence-corrected chi connectivity index (χ4v) is 3.52. The number of aryl methyl sites for hydroxylation is 1. The molecule has 2 heterocycles. The molecule has 0 spiro atoms. The molecule has 0 aliphatic carbocycles. The molecule has 1 fully saturated rings. The third kappa shape index (κ3) is 2.47. The van der Waals surface area contributed by atoms with Crippen LogP contribution < -0.4 is 4.74 Å². The summed E-state index contributed by atoms with van der Waals surface area (Å²) in [6, 6.07) is 3.98. The number of ketones is 1. The highest BCUT2D eigenvalue weighted by molar-refractivity contribution is 6.02. The highest BCUT2D eigenvalue weighted by atomic mass is 16.5. The topological polar surface area (TPSA) is 29.5 Å². The number of Topliss-reactive ketones (excluding diaryl/α,β-unsaturated/α-hetero) is 1. The predicted octanol–water partition coefficient (Wildman–Crippen LogP) is 3.16. The number of carbonyl (C=O) groups excluding carboxylic acids is 1. The normalized spacial score (nSPS) is 20.6. The molecule has 0 amide bonds. The van der Waals surface area contributed by atoms with Crippen LogP contribution in [0.4, 0.5) is 0 Å². The van der Waals surface area contributed by atoms with Crippen molar-refractivity contribution in [1.29, 1.82) is 0 Å². The Morgan fingerprint density at radius 3 is 2.75 bits per heavy atom. The molecule has 0 aromatic heterocycles. The number of rotatable bonds is 3. The van der Waals surface area contributed by atoms with Gasteiger partial charge in [0.25, 0.3) is 0 Å². The molecule has 0 bridgehead atoms. The van der Waals surface area contributed by atoms with Gasteiger partial charge >= 0.3 is 0 Å². The summed E-state index contributed by atoms with van der Waals surface area (Å²) in [5, 5.41) is 0. The highest BCUT2D eigenvalue weighted by Gasteiger charge is 2.28. The molecule has 3 rings (SSSR count). The van der Waals surface area contributed by atoms with E-state index in [9.17, 15) is 4.79 Å². The lowest BCUT2D eigenvalue weighted by Crippen LogP contribution is -2.33. The molecule has 3 nitrogen and oxygen atoms in total. The maximum atomic E-state index is 11.8. The van der Waals surface area contributed by atoms with Crippen molar-refractivity contribution >= 4 is 5.78 Å². The molecule has 0 radical (unpaired) electrons. The van der Waals surface area contributed by atoms with Crippen LogP contribution in [0.5, 0.6) is 5.75 Å². The van der Waals surface area contributed by atoms with E-state index in [1.165, 1.54) is 43.5 Å². The van der Waals surface area contributed by atoms with Crippen LogP contribution in [-0.2, 0) is 0 Å². The van der Waals surface area contributed by atoms with Crippen LogP contribution in [-0.4, -0.2) is 36.9 Å². The Hall–Kier alpha value is -1.35. The first-order chi connectivity index (χ1) is 9.66. The van der Waals surface area contributed by atoms with Crippen molar-refractivity contribution in [3.05, 3.63) is 28.8 Å². The van der Waals surface area contributed by atoms with Gasteiger partial charge in [-0.25, -0.2) is 0 Å². The molecule has 108 valence electrons. The van der Waals surface area contributed by atoms with Crippen LogP contribution in [0.25, 0.3) is 0 Å². The van der Waals surface area contributed by atoms with Crippen molar-refractivity contribution in [2.24, 2.45) is 0 Å². The fraction of sp³-hybridized carbons (Fsp3) is 0.588. The lowest BCUT2D eigenvalue weighted by molar-refractivity contribution is 0.0961. The molecular weight excluding hydrogens is 250 g/mol. The molecular formula is C17H23NO2. The highest BCUT2D eigenvalue weighted by Crippen LogP contribution is 2.37. The van der Waals surface area contributed by atoms with E-state index in [0.29, 0.717) is 5.92 Å². The number of nitrogens with zero attached hydrogens (tertiary/aromatic N) is 1. The second-order valence-electron chi connectivity index (χ2n) is 6.15. The van der Waals surface area contributed by atoms with Gasteiger partial charge in [-0.1, -0.05) is 19.4 Å². The van der Waals surface area contributed by atoms with Crippen LogP contribution in [0.3, 0.4) is 0 Å². The zero-order valence-corrected chi connectivity index (χ0v) is 12.4. The van der Waals surface area contributed by atoms with E-state index < -0.39 is 0 Å². The minimum absolute atomic E-state index is 0.117. The van der Waals surface area contributed by atoms with Crippen LogP contribution in [0.15, 0.2) is 12.1 Å². The van der Waals surface area contributed by atoms with Crippen molar-refractivity contribution in [1.82, 2.24) is 4.90 Å². The van der Waals surface area contributed by atoms with E-state index in [2.05, 4.69) is 24.8 Å². The van der Waals surface area contributed by atoms with Gasteiger partial charge < -0.3 is 9.64 Å². The first kappa shape index (κ1) is 13.6. The summed E-state index contributed by atoms with van der Waals surface area (Å²) in [4.78, 5) is 14.4. The van der Waals surface area contributed by atoms with E-state index in [1.54, 1.807) is 0 Å². The van der Waals surface area contributed by atoms with E-state index in [4.69, 9.17) is 4.74 Å². The molecule has 20 heavy (non-hydrogen) atoms. The minimum atomic E-state index is 0.117. The fourth-order valence-electron chi connectivity index (χ4n) is 3.52. The molecule has 1 unspecified atom stereocenters. The lowest BCUT2D eigenvalue weighted by atomic mass is 9.92. The molecule has 1 saturated heterocycles. The van der Waals surface area contributed by atoms with E-state index >= 15 is 0 Å². The number of ether oxygens (including phenoxy) is 1. The Balaban J connectivity index is 1.84. The van der Waals surface area contributed by atoms with E-state index in [-0.39, 0.29) is 12.4 Å². The first-order valence-corrected chi connectivity index (χ1v) is 7.68. The average Bonchev–Trinajstić information content (AvgIpc) is 2.81. The average molecular weight is 273 g/mol. The van der Waals surface area contributed by atoms with Crippen LogP contribution in [0.2, 0.25) is 0 Å². The van der Waals surface area contributed by atoms with Gasteiger partial charge in [-0.05, 0) is 50.4 Å². The SMILES string of the molecule is Cc1ccc2c(c1C(C)CN1CCCCC1)OCC2=O.